The van der Waals surface area contributed by atoms with Gasteiger partial charge in [-0.25, -0.2) is 0 Å². The highest BCUT2D eigenvalue weighted by atomic mass is 32.2. The van der Waals surface area contributed by atoms with E-state index in [0.717, 1.165) is 25.0 Å². The molecule has 1 aromatic rings. The fraction of sp³-hybridized carbons (Fsp3) is 0.556. The standard InChI is InChI=1S/C18H31NO6P2S/c19-18(16-26(20,21)22)27(23,24)25-14-10-5-3-1-2-4-6-11-15-28-17-12-8-7-9-13-17/h7-9,12-13,16H,1-6,10-11,14-15,19H2,(H,23,24)(H2,20,21,22). The van der Waals surface area contributed by atoms with Gasteiger partial charge in [0.05, 0.1) is 12.4 Å². The van der Waals surface area contributed by atoms with Crippen LogP contribution in [0.5, 0.6) is 0 Å². The number of nitrogens with two attached hydrogens (primary N) is 1. The molecule has 0 saturated carbocycles. The van der Waals surface area contributed by atoms with Crippen LogP contribution in [0.3, 0.4) is 0 Å². The Labute approximate surface area is 171 Å². The van der Waals surface area contributed by atoms with Gasteiger partial charge in [0, 0.05) is 4.90 Å². The minimum absolute atomic E-state index is 0.0280. The first-order valence-corrected chi connectivity index (χ1v) is 13.6. The smallest absolute Gasteiger partial charge is 0.374 e. The van der Waals surface area contributed by atoms with E-state index in [1.54, 1.807) is 0 Å². The van der Waals surface area contributed by atoms with Crippen LogP contribution in [-0.2, 0) is 13.7 Å². The molecule has 0 amide bonds. The third kappa shape index (κ3) is 12.8. The van der Waals surface area contributed by atoms with E-state index in [9.17, 15) is 14.0 Å². The van der Waals surface area contributed by atoms with Gasteiger partial charge in [-0.3, -0.25) is 9.13 Å². The number of thioether (sulfide) groups is 1. The summed E-state index contributed by atoms with van der Waals surface area (Å²) >= 11 is 1.89. The van der Waals surface area contributed by atoms with Crippen LogP contribution in [0.15, 0.2) is 46.5 Å². The van der Waals surface area contributed by atoms with Crippen molar-refractivity contribution in [2.75, 3.05) is 12.4 Å². The lowest BCUT2D eigenvalue weighted by Gasteiger charge is -2.12. The molecule has 0 aliphatic carbocycles. The Morgan fingerprint density at radius 3 is 2.04 bits per heavy atom. The van der Waals surface area contributed by atoms with Gasteiger partial charge in [-0.2, -0.15) is 0 Å². The molecule has 0 fully saturated rings. The van der Waals surface area contributed by atoms with Crippen molar-refractivity contribution >= 4 is 27.0 Å². The van der Waals surface area contributed by atoms with Gasteiger partial charge < -0.3 is 24.9 Å². The van der Waals surface area contributed by atoms with Crippen LogP contribution >= 0.6 is 27.0 Å². The fourth-order valence-corrected chi connectivity index (χ4v) is 5.32. The second kappa shape index (κ2) is 13.6. The van der Waals surface area contributed by atoms with Crippen molar-refractivity contribution < 1.29 is 28.3 Å². The highest BCUT2D eigenvalue weighted by Crippen LogP contribution is 2.52. The van der Waals surface area contributed by atoms with Gasteiger partial charge in [0.25, 0.3) is 0 Å². The summed E-state index contributed by atoms with van der Waals surface area (Å²) in [6, 6.07) is 10.4. The van der Waals surface area contributed by atoms with E-state index in [-0.39, 0.29) is 12.4 Å². The Bertz CT molecular complexity index is 680. The summed E-state index contributed by atoms with van der Waals surface area (Å²) in [6.45, 7) is 0.0280. The lowest BCUT2D eigenvalue weighted by molar-refractivity contribution is 0.257. The summed E-state index contributed by atoms with van der Waals surface area (Å²) < 4.78 is 27.3. The Kier molecular flexibility index (Phi) is 12.4. The molecule has 10 heteroatoms. The highest BCUT2D eigenvalue weighted by Gasteiger charge is 2.26. The van der Waals surface area contributed by atoms with Gasteiger partial charge in [-0.15, -0.1) is 11.8 Å². The maximum absolute atomic E-state index is 11.7. The monoisotopic (exact) mass is 451 g/mol. The lowest BCUT2D eigenvalue weighted by atomic mass is 10.1. The van der Waals surface area contributed by atoms with Gasteiger partial charge in [0.15, 0.2) is 0 Å². The Morgan fingerprint density at radius 1 is 0.929 bits per heavy atom. The maximum Gasteiger partial charge on any atom is 0.374 e. The molecule has 1 atom stereocenters. The van der Waals surface area contributed by atoms with Crippen molar-refractivity contribution in [3.63, 3.8) is 0 Å². The molecule has 160 valence electrons. The Balaban J connectivity index is 1.97. The molecule has 1 rings (SSSR count). The summed E-state index contributed by atoms with van der Waals surface area (Å²) in [7, 11) is -8.94. The van der Waals surface area contributed by atoms with Gasteiger partial charge in [-0.05, 0) is 30.7 Å². The zero-order chi connectivity index (χ0) is 20.9. The molecule has 1 unspecified atom stereocenters. The first-order valence-electron chi connectivity index (χ1n) is 9.40. The molecule has 0 heterocycles. The molecular formula is C18H31NO6P2S. The molecule has 0 aromatic heterocycles. The van der Waals surface area contributed by atoms with Crippen LogP contribution in [-0.4, -0.2) is 27.0 Å². The number of unbranched alkanes of at least 4 members (excludes halogenated alkanes) is 7. The normalized spacial score (nSPS) is 14.8. The van der Waals surface area contributed by atoms with Crippen LogP contribution in [0, 0.1) is 0 Å². The SMILES string of the molecule is NC(=CP(=O)(O)O)P(=O)(O)OCCCCCCCCCCSc1ccccc1. The number of rotatable bonds is 15. The summed E-state index contributed by atoms with van der Waals surface area (Å²) in [5.41, 5.74) is 4.42. The summed E-state index contributed by atoms with van der Waals surface area (Å²) in [5, 5.41) is 0. The Hall–Kier alpha value is -0.590. The minimum atomic E-state index is -4.60. The molecule has 0 radical (unpaired) electrons. The second-order valence-corrected chi connectivity index (χ2v) is 10.9. The van der Waals surface area contributed by atoms with Crippen molar-refractivity contribution in [1.29, 1.82) is 0 Å². The van der Waals surface area contributed by atoms with Gasteiger partial charge in [0.2, 0.25) is 0 Å². The van der Waals surface area contributed by atoms with E-state index in [2.05, 4.69) is 24.3 Å². The number of hydrogen-bond donors (Lipinski definition) is 4. The molecule has 0 aliphatic rings. The average molecular weight is 451 g/mol. The first kappa shape index (κ1) is 25.4. The van der Waals surface area contributed by atoms with Crippen LogP contribution in [0.4, 0.5) is 0 Å². The molecule has 7 nitrogen and oxygen atoms in total. The molecule has 5 N–H and O–H groups in total. The zero-order valence-corrected chi connectivity index (χ0v) is 18.6. The quantitative estimate of drug-likeness (QED) is 0.166. The van der Waals surface area contributed by atoms with E-state index in [0.29, 0.717) is 6.42 Å². The third-order valence-electron chi connectivity index (χ3n) is 3.94. The largest absolute Gasteiger partial charge is 0.392 e. The maximum atomic E-state index is 11.7. The molecule has 0 spiro atoms. The van der Waals surface area contributed by atoms with E-state index in [1.807, 2.05) is 17.8 Å². The molecular weight excluding hydrogens is 420 g/mol. The average Bonchev–Trinajstić information content (AvgIpc) is 2.62. The fourth-order valence-electron chi connectivity index (χ4n) is 2.48. The van der Waals surface area contributed by atoms with E-state index in [4.69, 9.17) is 20.0 Å². The topological polar surface area (TPSA) is 130 Å². The molecule has 28 heavy (non-hydrogen) atoms. The number of hydrogen-bond acceptors (Lipinski definition) is 5. The van der Waals surface area contributed by atoms with Gasteiger partial charge >= 0.3 is 15.2 Å². The Morgan fingerprint density at radius 2 is 1.46 bits per heavy atom. The molecule has 1 aromatic carbocycles. The zero-order valence-electron chi connectivity index (χ0n) is 16.0. The molecule has 0 bridgehead atoms. The molecule has 0 saturated heterocycles. The van der Waals surface area contributed by atoms with Crippen LogP contribution in [0.25, 0.3) is 0 Å². The van der Waals surface area contributed by atoms with Crippen molar-refractivity contribution in [3.05, 3.63) is 41.6 Å². The lowest BCUT2D eigenvalue weighted by Crippen LogP contribution is -2.03. The minimum Gasteiger partial charge on any atom is -0.392 e. The summed E-state index contributed by atoms with van der Waals surface area (Å²) in [5.74, 6) is 1.41. The van der Waals surface area contributed by atoms with Gasteiger partial charge in [0.1, 0.15) is 5.44 Å². The van der Waals surface area contributed by atoms with E-state index < -0.39 is 20.6 Å². The van der Waals surface area contributed by atoms with Crippen LogP contribution < -0.4 is 5.73 Å². The number of benzene rings is 1. The second-order valence-electron chi connectivity index (χ2n) is 6.49. The predicted octanol–water partition coefficient (Wildman–Crippen LogP) is 5.04. The highest BCUT2D eigenvalue weighted by molar-refractivity contribution is 7.99. The van der Waals surface area contributed by atoms with Crippen molar-refractivity contribution in [2.45, 2.75) is 56.3 Å². The summed E-state index contributed by atoms with van der Waals surface area (Å²) in [6.07, 6.45) is 8.42. The first-order chi connectivity index (χ1) is 13.2. The predicted molar refractivity (Wildman–Crippen MR) is 114 cm³/mol. The van der Waals surface area contributed by atoms with Crippen LogP contribution in [0.1, 0.15) is 51.4 Å². The van der Waals surface area contributed by atoms with E-state index >= 15 is 0 Å². The van der Waals surface area contributed by atoms with Crippen LogP contribution in [0.2, 0.25) is 0 Å². The van der Waals surface area contributed by atoms with Crippen molar-refractivity contribution in [2.24, 2.45) is 5.73 Å². The third-order valence-corrected chi connectivity index (χ3v) is 7.17. The molecule has 0 aliphatic heterocycles. The summed E-state index contributed by atoms with van der Waals surface area (Å²) in [4.78, 5) is 28.3. The van der Waals surface area contributed by atoms with Crippen molar-refractivity contribution in [3.8, 4) is 0 Å². The van der Waals surface area contributed by atoms with Crippen molar-refractivity contribution in [1.82, 2.24) is 0 Å². The van der Waals surface area contributed by atoms with Gasteiger partial charge in [-0.1, -0.05) is 56.7 Å². The van der Waals surface area contributed by atoms with E-state index in [1.165, 1.54) is 30.6 Å².